The maximum Gasteiger partial charge on any atom is 0.280 e. The number of nitrogens with zero attached hydrogens (tertiary/aromatic N) is 5. The van der Waals surface area contributed by atoms with Gasteiger partial charge in [0.05, 0.1) is 24.5 Å². The molecule has 0 aliphatic carbocycles. The van der Waals surface area contributed by atoms with Gasteiger partial charge in [-0.1, -0.05) is 28.9 Å². The first kappa shape index (κ1) is 22.2. The van der Waals surface area contributed by atoms with Gasteiger partial charge in [-0.2, -0.15) is 0 Å². The number of aromatic nitrogens is 4. The molecule has 1 amide bonds. The summed E-state index contributed by atoms with van der Waals surface area (Å²) >= 11 is 6.06. The fourth-order valence-electron chi connectivity index (χ4n) is 4.56. The zero-order valence-corrected chi connectivity index (χ0v) is 20.2. The van der Waals surface area contributed by atoms with Crippen molar-refractivity contribution in [2.45, 2.75) is 32.2 Å². The van der Waals surface area contributed by atoms with Crippen molar-refractivity contribution in [1.29, 1.82) is 0 Å². The summed E-state index contributed by atoms with van der Waals surface area (Å²) in [6, 6.07) is 15.6. The molecular formula is C26H26ClN5O2. The fraction of sp³-hybridized carbons (Fsp3) is 0.269. The summed E-state index contributed by atoms with van der Waals surface area (Å²) in [6.45, 7) is 2.04. The van der Waals surface area contributed by atoms with Gasteiger partial charge in [0.1, 0.15) is 5.75 Å². The molecule has 174 valence electrons. The summed E-state index contributed by atoms with van der Waals surface area (Å²) in [6.07, 6.45) is 6.69. The van der Waals surface area contributed by atoms with Gasteiger partial charge in [0.15, 0.2) is 5.69 Å². The molecule has 0 fully saturated rings. The molecule has 4 aromatic rings. The van der Waals surface area contributed by atoms with Crippen LogP contribution in [-0.4, -0.2) is 39.6 Å². The number of ether oxygens (including phenoxy) is 1. The maximum atomic E-state index is 13.5. The Morgan fingerprint density at radius 2 is 1.97 bits per heavy atom. The molecule has 7 nitrogen and oxygen atoms in total. The van der Waals surface area contributed by atoms with Crippen molar-refractivity contribution in [3.63, 3.8) is 0 Å². The van der Waals surface area contributed by atoms with E-state index >= 15 is 0 Å². The standard InChI is InChI=1S/C26H26ClN5O2/c1-17-13-14-31(16-17)22-12-11-20(15-24(22)34-3)30(2)26(33)25-23-6-4-5-21(32(23)29-28-25)18-7-9-19(27)10-8-18/h7-16,21H,4-6H2,1-3H3. The van der Waals surface area contributed by atoms with E-state index in [1.807, 2.05) is 77.1 Å². The molecule has 5 rings (SSSR count). The van der Waals surface area contributed by atoms with Gasteiger partial charge >= 0.3 is 0 Å². The van der Waals surface area contributed by atoms with Gasteiger partial charge in [0.25, 0.3) is 5.91 Å². The smallest absolute Gasteiger partial charge is 0.280 e. The molecule has 1 unspecified atom stereocenters. The highest BCUT2D eigenvalue weighted by atomic mass is 35.5. The second-order valence-electron chi connectivity index (χ2n) is 8.61. The summed E-state index contributed by atoms with van der Waals surface area (Å²) in [5, 5.41) is 9.39. The third-order valence-electron chi connectivity index (χ3n) is 6.41. The Morgan fingerprint density at radius 1 is 1.18 bits per heavy atom. The van der Waals surface area contributed by atoms with Crippen LogP contribution < -0.4 is 9.64 Å². The predicted molar refractivity (Wildman–Crippen MR) is 132 cm³/mol. The minimum atomic E-state index is -0.190. The van der Waals surface area contributed by atoms with Gasteiger partial charge in [-0.3, -0.25) is 4.79 Å². The molecule has 0 spiro atoms. The van der Waals surface area contributed by atoms with E-state index in [2.05, 4.69) is 10.3 Å². The van der Waals surface area contributed by atoms with E-state index in [4.69, 9.17) is 16.3 Å². The minimum Gasteiger partial charge on any atom is -0.494 e. The summed E-state index contributed by atoms with van der Waals surface area (Å²) in [5.74, 6) is 0.491. The van der Waals surface area contributed by atoms with Gasteiger partial charge in [-0.05, 0) is 67.6 Å². The summed E-state index contributed by atoms with van der Waals surface area (Å²) < 4.78 is 9.53. The number of halogens is 1. The number of anilines is 1. The first-order valence-corrected chi connectivity index (χ1v) is 11.6. The number of hydrogen-bond donors (Lipinski definition) is 0. The lowest BCUT2D eigenvalue weighted by Crippen LogP contribution is -2.29. The minimum absolute atomic E-state index is 0.0461. The number of fused-ring (bicyclic) bond motifs is 1. The maximum absolute atomic E-state index is 13.5. The Hall–Kier alpha value is -3.58. The molecule has 2 aromatic carbocycles. The molecule has 8 heteroatoms. The zero-order valence-electron chi connectivity index (χ0n) is 19.4. The normalized spacial score (nSPS) is 15.1. The lowest BCUT2D eigenvalue weighted by Gasteiger charge is -2.25. The van der Waals surface area contributed by atoms with Crippen LogP contribution in [0.4, 0.5) is 5.69 Å². The molecule has 0 saturated heterocycles. The number of rotatable bonds is 5. The number of aryl methyl sites for hydroxylation is 1. The summed E-state index contributed by atoms with van der Waals surface area (Å²) in [4.78, 5) is 15.1. The number of amides is 1. The SMILES string of the molecule is COc1cc(N(C)C(=O)c2nnn3c2CCCC3c2ccc(Cl)cc2)ccc1-n1ccc(C)c1. The number of benzene rings is 2. The van der Waals surface area contributed by atoms with E-state index in [0.29, 0.717) is 16.5 Å². The molecule has 0 N–H and O–H groups in total. The van der Waals surface area contributed by atoms with Crippen LogP contribution in [0.25, 0.3) is 5.69 Å². The van der Waals surface area contributed by atoms with Crippen molar-refractivity contribution in [2.75, 3.05) is 19.1 Å². The Kier molecular flexibility index (Phi) is 5.87. The van der Waals surface area contributed by atoms with Crippen LogP contribution in [0.2, 0.25) is 5.02 Å². The fourth-order valence-corrected chi connectivity index (χ4v) is 4.68. The molecule has 1 aliphatic rings. The topological polar surface area (TPSA) is 65.2 Å². The van der Waals surface area contributed by atoms with Crippen LogP contribution >= 0.6 is 11.6 Å². The van der Waals surface area contributed by atoms with Gasteiger partial charge in [-0.25, -0.2) is 4.68 Å². The third-order valence-corrected chi connectivity index (χ3v) is 6.66. The van der Waals surface area contributed by atoms with Crippen LogP contribution in [0.3, 0.4) is 0 Å². The number of methoxy groups -OCH3 is 1. The van der Waals surface area contributed by atoms with Crippen LogP contribution in [0.1, 0.15) is 46.2 Å². The molecule has 34 heavy (non-hydrogen) atoms. The van der Waals surface area contributed by atoms with Crippen LogP contribution in [0, 0.1) is 6.92 Å². The molecule has 2 aromatic heterocycles. The van der Waals surface area contributed by atoms with E-state index in [1.54, 1.807) is 19.1 Å². The molecule has 1 atom stereocenters. The third kappa shape index (κ3) is 3.96. The van der Waals surface area contributed by atoms with Crippen molar-refractivity contribution >= 4 is 23.2 Å². The van der Waals surface area contributed by atoms with Crippen LogP contribution in [0.5, 0.6) is 5.75 Å². The van der Waals surface area contributed by atoms with E-state index in [0.717, 1.165) is 47.5 Å². The second kappa shape index (κ2) is 8.99. The molecule has 3 heterocycles. The van der Waals surface area contributed by atoms with Crippen molar-refractivity contribution in [2.24, 2.45) is 0 Å². The quantitative estimate of drug-likeness (QED) is 0.396. The first-order chi connectivity index (χ1) is 16.5. The van der Waals surface area contributed by atoms with E-state index < -0.39 is 0 Å². The number of carbonyl (C=O) groups excluding carboxylic acids is 1. The summed E-state index contributed by atoms with van der Waals surface area (Å²) in [5.41, 5.74) is 5.17. The molecular weight excluding hydrogens is 450 g/mol. The van der Waals surface area contributed by atoms with Gasteiger partial charge < -0.3 is 14.2 Å². The van der Waals surface area contributed by atoms with Crippen molar-refractivity contribution in [3.05, 3.63) is 88.5 Å². The lowest BCUT2D eigenvalue weighted by molar-refractivity contribution is 0.0987. The second-order valence-corrected chi connectivity index (χ2v) is 9.04. The first-order valence-electron chi connectivity index (χ1n) is 11.3. The van der Waals surface area contributed by atoms with Gasteiger partial charge in [0.2, 0.25) is 0 Å². The lowest BCUT2D eigenvalue weighted by atomic mass is 9.96. The van der Waals surface area contributed by atoms with E-state index in [9.17, 15) is 4.79 Å². The molecule has 0 bridgehead atoms. The highest BCUT2D eigenvalue weighted by molar-refractivity contribution is 6.30. The number of hydrogen-bond acceptors (Lipinski definition) is 4. The van der Waals surface area contributed by atoms with E-state index in [-0.39, 0.29) is 11.9 Å². The average molecular weight is 476 g/mol. The number of carbonyl (C=O) groups is 1. The predicted octanol–water partition coefficient (Wildman–Crippen LogP) is 5.24. The Balaban J connectivity index is 1.44. The summed E-state index contributed by atoms with van der Waals surface area (Å²) in [7, 11) is 3.38. The monoisotopic (exact) mass is 475 g/mol. The zero-order chi connectivity index (χ0) is 23.8. The Morgan fingerprint density at radius 3 is 2.68 bits per heavy atom. The highest BCUT2D eigenvalue weighted by Crippen LogP contribution is 2.33. The highest BCUT2D eigenvalue weighted by Gasteiger charge is 2.30. The van der Waals surface area contributed by atoms with Gasteiger partial charge in [-0.15, -0.1) is 5.10 Å². The van der Waals surface area contributed by atoms with Gasteiger partial charge in [0, 0.05) is 36.2 Å². The Labute approximate surface area is 203 Å². The molecule has 0 radical (unpaired) electrons. The molecule has 1 aliphatic heterocycles. The van der Waals surface area contributed by atoms with Crippen LogP contribution in [-0.2, 0) is 6.42 Å². The Bertz CT molecular complexity index is 1340. The largest absolute Gasteiger partial charge is 0.494 e. The average Bonchev–Trinajstić information content (AvgIpc) is 3.49. The van der Waals surface area contributed by atoms with Crippen molar-refractivity contribution in [1.82, 2.24) is 19.6 Å². The molecule has 0 saturated carbocycles. The van der Waals surface area contributed by atoms with Crippen LogP contribution in [0.15, 0.2) is 60.9 Å². The van der Waals surface area contributed by atoms with Crippen molar-refractivity contribution in [3.8, 4) is 11.4 Å². The van der Waals surface area contributed by atoms with Crippen molar-refractivity contribution < 1.29 is 9.53 Å². The van der Waals surface area contributed by atoms with E-state index in [1.165, 1.54) is 0 Å².